The summed E-state index contributed by atoms with van der Waals surface area (Å²) < 4.78 is 5.45. The monoisotopic (exact) mass is 200 g/mol. The Hall–Kier alpha value is -1.24. The van der Waals surface area contributed by atoms with E-state index >= 15 is 0 Å². The molecule has 1 heterocycles. The van der Waals surface area contributed by atoms with Crippen LogP contribution in [0.3, 0.4) is 0 Å². The standard InChI is InChI=1S/C14H16O/c1-14(2)6-3-4-10-9-13-11(5-7-15-13)8-12(10)14/h5,7-9H,3-4,6H2,1-2H3. The Balaban J connectivity index is 2.30. The van der Waals surface area contributed by atoms with Crippen molar-refractivity contribution >= 4 is 11.0 Å². The van der Waals surface area contributed by atoms with Gasteiger partial charge in [0.05, 0.1) is 6.26 Å². The molecule has 0 amide bonds. The molecule has 0 N–H and O–H groups in total. The summed E-state index contributed by atoms with van der Waals surface area (Å²) in [4.78, 5) is 0. The molecule has 1 aromatic carbocycles. The van der Waals surface area contributed by atoms with Crippen molar-refractivity contribution in [2.45, 2.75) is 38.5 Å². The second-order valence-corrected chi connectivity index (χ2v) is 5.21. The quantitative estimate of drug-likeness (QED) is 0.625. The van der Waals surface area contributed by atoms with Crippen LogP contribution < -0.4 is 0 Å². The Labute approximate surface area is 90.1 Å². The molecule has 0 bridgehead atoms. The van der Waals surface area contributed by atoms with E-state index < -0.39 is 0 Å². The van der Waals surface area contributed by atoms with Crippen molar-refractivity contribution < 1.29 is 4.42 Å². The molecular weight excluding hydrogens is 184 g/mol. The van der Waals surface area contributed by atoms with Crippen LogP contribution in [0.5, 0.6) is 0 Å². The van der Waals surface area contributed by atoms with Crippen molar-refractivity contribution in [2.24, 2.45) is 0 Å². The average molecular weight is 200 g/mol. The van der Waals surface area contributed by atoms with Crippen LogP contribution in [0.4, 0.5) is 0 Å². The van der Waals surface area contributed by atoms with Crippen LogP contribution >= 0.6 is 0 Å². The maximum absolute atomic E-state index is 5.45. The Bertz CT molecular complexity index is 505. The summed E-state index contributed by atoms with van der Waals surface area (Å²) in [5.74, 6) is 0. The van der Waals surface area contributed by atoms with Crippen molar-refractivity contribution in [1.29, 1.82) is 0 Å². The van der Waals surface area contributed by atoms with Crippen LogP contribution in [-0.4, -0.2) is 0 Å². The van der Waals surface area contributed by atoms with Gasteiger partial charge in [-0.2, -0.15) is 0 Å². The summed E-state index contributed by atoms with van der Waals surface area (Å²) in [5, 5.41) is 1.24. The highest BCUT2D eigenvalue weighted by Crippen LogP contribution is 2.38. The Morgan fingerprint density at radius 3 is 3.00 bits per heavy atom. The molecule has 2 aromatic rings. The number of hydrogen-bond donors (Lipinski definition) is 0. The zero-order valence-electron chi connectivity index (χ0n) is 9.34. The summed E-state index contributed by atoms with van der Waals surface area (Å²) in [6.07, 6.45) is 5.58. The number of benzene rings is 1. The molecule has 0 saturated carbocycles. The summed E-state index contributed by atoms with van der Waals surface area (Å²) in [6, 6.07) is 6.60. The molecule has 0 saturated heterocycles. The van der Waals surface area contributed by atoms with Crippen LogP contribution in [0.15, 0.2) is 28.9 Å². The fourth-order valence-corrected chi connectivity index (χ4v) is 2.74. The molecule has 3 rings (SSSR count). The third-order valence-electron chi connectivity index (χ3n) is 3.66. The minimum Gasteiger partial charge on any atom is -0.464 e. The topological polar surface area (TPSA) is 13.1 Å². The van der Waals surface area contributed by atoms with Crippen molar-refractivity contribution in [2.75, 3.05) is 0 Å². The predicted molar refractivity (Wildman–Crippen MR) is 62.2 cm³/mol. The summed E-state index contributed by atoms with van der Waals surface area (Å²) in [6.45, 7) is 4.69. The highest BCUT2D eigenvalue weighted by atomic mass is 16.3. The Kier molecular flexibility index (Phi) is 1.73. The van der Waals surface area contributed by atoms with Gasteiger partial charge in [-0.1, -0.05) is 13.8 Å². The number of furan rings is 1. The van der Waals surface area contributed by atoms with Crippen LogP contribution in [0.25, 0.3) is 11.0 Å². The van der Waals surface area contributed by atoms with Gasteiger partial charge in [0.15, 0.2) is 0 Å². The number of rotatable bonds is 0. The van der Waals surface area contributed by atoms with Crippen molar-refractivity contribution in [3.8, 4) is 0 Å². The maximum Gasteiger partial charge on any atom is 0.134 e. The van der Waals surface area contributed by atoms with E-state index in [1.165, 1.54) is 35.8 Å². The molecule has 0 unspecified atom stereocenters. The molecule has 78 valence electrons. The van der Waals surface area contributed by atoms with Gasteiger partial charge in [-0.15, -0.1) is 0 Å². The first kappa shape index (κ1) is 9.02. The fraction of sp³-hybridized carbons (Fsp3) is 0.429. The lowest BCUT2D eigenvalue weighted by Crippen LogP contribution is -2.23. The molecule has 0 spiro atoms. The Morgan fingerprint density at radius 2 is 2.13 bits per heavy atom. The van der Waals surface area contributed by atoms with E-state index in [9.17, 15) is 0 Å². The Morgan fingerprint density at radius 1 is 1.27 bits per heavy atom. The van der Waals surface area contributed by atoms with Gasteiger partial charge in [0.25, 0.3) is 0 Å². The molecule has 0 atom stereocenters. The van der Waals surface area contributed by atoms with Crippen LogP contribution in [-0.2, 0) is 11.8 Å². The molecule has 15 heavy (non-hydrogen) atoms. The lowest BCUT2D eigenvalue weighted by molar-refractivity contribution is 0.432. The fourth-order valence-electron chi connectivity index (χ4n) is 2.74. The molecule has 0 radical (unpaired) electrons. The third kappa shape index (κ3) is 1.30. The van der Waals surface area contributed by atoms with Gasteiger partial charge in [0.2, 0.25) is 0 Å². The number of hydrogen-bond acceptors (Lipinski definition) is 1. The van der Waals surface area contributed by atoms with Gasteiger partial charge < -0.3 is 4.42 Å². The predicted octanol–water partition coefficient (Wildman–Crippen LogP) is 4.05. The van der Waals surface area contributed by atoms with Crippen LogP contribution in [0, 0.1) is 0 Å². The molecule has 1 heteroatoms. The van der Waals surface area contributed by atoms with Gasteiger partial charge >= 0.3 is 0 Å². The lowest BCUT2D eigenvalue weighted by Gasteiger charge is -2.32. The van der Waals surface area contributed by atoms with E-state index in [1.54, 1.807) is 6.26 Å². The maximum atomic E-state index is 5.45. The molecule has 1 aliphatic rings. The van der Waals surface area contributed by atoms with E-state index in [4.69, 9.17) is 4.42 Å². The number of fused-ring (bicyclic) bond motifs is 2. The van der Waals surface area contributed by atoms with Gasteiger partial charge in [-0.25, -0.2) is 0 Å². The second-order valence-electron chi connectivity index (χ2n) is 5.21. The SMILES string of the molecule is CC1(C)CCCc2cc3occc3cc21. The van der Waals surface area contributed by atoms with Gasteiger partial charge in [-0.3, -0.25) is 0 Å². The van der Waals surface area contributed by atoms with Crippen molar-refractivity contribution in [1.82, 2.24) is 0 Å². The van der Waals surface area contributed by atoms with E-state index in [2.05, 4.69) is 32.0 Å². The summed E-state index contributed by atoms with van der Waals surface area (Å²) in [7, 11) is 0. The summed E-state index contributed by atoms with van der Waals surface area (Å²) in [5.41, 5.74) is 4.36. The lowest BCUT2D eigenvalue weighted by atomic mass is 9.72. The van der Waals surface area contributed by atoms with Crippen molar-refractivity contribution in [3.05, 3.63) is 35.6 Å². The molecule has 0 fully saturated rings. The molecule has 1 nitrogen and oxygen atoms in total. The highest BCUT2D eigenvalue weighted by Gasteiger charge is 2.27. The average Bonchev–Trinajstić information content (AvgIpc) is 2.62. The third-order valence-corrected chi connectivity index (χ3v) is 3.66. The molecule has 1 aliphatic carbocycles. The molecule has 0 aliphatic heterocycles. The van der Waals surface area contributed by atoms with Crippen LogP contribution in [0.2, 0.25) is 0 Å². The van der Waals surface area contributed by atoms with E-state index in [0.29, 0.717) is 5.41 Å². The van der Waals surface area contributed by atoms with Gasteiger partial charge in [0, 0.05) is 5.39 Å². The normalized spacial score (nSPS) is 19.1. The second kappa shape index (κ2) is 2.88. The molecule has 1 aromatic heterocycles. The van der Waals surface area contributed by atoms with E-state index in [1.807, 2.05) is 0 Å². The van der Waals surface area contributed by atoms with Gasteiger partial charge in [0.1, 0.15) is 5.58 Å². The summed E-state index contributed by atoms with van der Waals surface area (Å²) >= 11 is 0. The minimum absolute atomic E-state index is 0.332. The number of aryl methyl sites for hydroxylation is 1. The first-order valence-electron chi connectivity index (χ1n) is 5.67. The van der Waals surface area contributed by atoms with Crippen LogP contribution in [0.1, 0.15) is 37.8 Å². The van der Waals surface area contributed by atoms with Gasteiger partial charge in [-0.05, 0) is 54.0 Å². The first-order valence-corrected chi connectivity index (χ1v) is 5.67. The van der Waals surface area contributed by atoms with E-state index in [-0.39, 0.29) is 0 Å². The van der Waals surface area contributed by atoms with Crippen molar-refractivity contribution in [3.63, 3.8) is 0 Å². The molecular formula is C14H16O. The minimum atomic E-state index is 0.332. The first-order chi connectivity index (χ1) is 7.17. The highest BCUT2D eigenvalue weighted by molar-refractivity contribution is 5.79. The van der Waals surface area contributed by atoms with E-state index in [0.717, 1.165) is 5.58 Å². The zero-order valence-corrected chi connectivity index (χ0v) is 9.34. The smallest absolute Gasteiger partial charge is 0.134 e. The zero-order chi connectivity index (χ0) is 10.5. The largest absolute Gasteiger partial charge is 0.464 e.